The largest absolute Gasteiger partial charge is 0.496 e. The molecule has 0 bridgehead atoms. The number of nitrogens with two attached hydrogens (primary N) is 1. The molecule has 0 aromatic heterocycles. The van der Waals surface area contributed by atoms with E-state index in [2.05, 4.69) is 15.9 Å². The molecular weight excluding hydrogens is 320 g/mol. The molecule has 0 saturated carbocycles. The minimum Gasteiger partial charge on any atom is -0.496 e. The fourth-order valence-corrected chi connectivity index (χ4v) is 2.41. The monoisotopic (exact) mass is 342 g/mol. The van der Waals surface area contributed by atoms with Crippen LogP contribution in [0.15, 0.2) is 22.7 Å². The van der Waals surface area contributed by atoms with Crippen LogP contribution in [-0.2, 0) is 11.3 Å². The molecule has 4 nitrogen and oxygen atoms in total. The van der Waals surface area contributed by atoms with E-state index < -0.39 is 0 Å². The SMILES string of the molecule is COc1ccc(Br)cc1CN(C)C(=O)CCCCCN. The third kappa shape index (κ3) is 5.51. The lowest BCUT2D eigenvalue weighted by atomic mass is 10.1. The number of rotatable bonds is 8. The number of benzene rings is 1. The molecule has 0 fully saturated rings. The Balaban J connectivity index is 2.54. The first kappa shape index (κ1) is 17.0. The van der Waals surface area contributed by atoms with E-state index >= 15 is 0 Å². The third-order valence-electron chi connectivity index (χ3n) is 3.17. The van der Waals surface area contributed by atoms with Gasteiger partial charge in [-0.05, 0) is 37.6 Å². The molecule has 0 aliphatic carbocycles. The topological polar surface area (TPSA) is 55.6 Å². The van der Waals surface area contributed by atoms with Crippen molar-refractivity contribution < 1.29 is 9.53 Å². The molecule has 0 saturated heterocycles. The second kappa shape index (κ2) is 8.97. The van der Waals surface area contributed by atoms with E-state index in [1.807, 2.05) is 25.2 Å². The number of ether oxygens (including phenoxy) is 1. The average molecular weight is 343 g/mol. The number of amides is 1. The van der Waals surface area contributed by atoms with Gasteiger partial charge in [-0.15, -0.1) is 0 Å². The summed E-state index contributed by atoms with van der Waals surface area (Å²) in [5, 5.41) is 0. The van der Waals surface area contributed by atoms with Crippen molar-refractivity contribution in [3.63, 3.8) is 0 Å². The van der Waals surface area contributed by atoms with Crippen molar-refractivity contribution >= 4 is 21.8 Å². The molecule has 1 aromatic carbocycles. The molecule has 1 aromatic rings. The lowest BCUT2D eigenvalue weighted by Crippen LogP contribution is -2.26. The first-order valence-corrected chi connectivity index (χ1v) is 7.64. The van der Waals surface area contributed by atoms with E-state index in [4.69, 9.17) is 10.5 Å². The van der Waals surface area contributed by atoms with Crippen LogP contribution in [0, 0.1) is 0 Å². The zero-order valence-electron chi connectivity index (χ0n) is 12.2. The quantitative estimate of drug-likeness (QED) is 0.739. The summed E-state index contributed by atoms with van der Waals surface area (Å²) in [6.07, 6.45) is 3.47. The number of carbonyl (C=O) groups is 1. The molecule has 1 rings (SSSR count). The maximum Gasteiger partial charge on any atom is 0.222 e. The van der Waals surface area contributed by atoms with Crippen LogP contribution in [0.4, 0.5) is 0 Å². The molecule has 0 aliphatic heterocycles. The highest BCUT2D eigenvalue weighted by Gasteiger charge is 2.12. The Morgan fingerprint density at radius 3 is 2.75 bits per heavy atom. The molecule has 0 heterocycles. The van der Waals surface area contributed by atoms with E-state index in [0.717, 1.165) is 35.0 Å². The second-order valence-corrected chi connectivity index (χ2v) is 5.72. The number of unbranched alkanes of at least 4 members (excludes halogenated alkanes) is 2. The highest BCUT2D eigenvalue weighted by molar-refractivity contribution is 9.10. The molecule has 0 aliphatic rings. The Labute approximate surface area is 129 Å². The van der Waals surface area contributed by atoms with Gasteiger partial charge >= 0.3 is 0 Å². The minimum atomic E-state index is 0.157. The summed E-state index contributed by atoms with van der Waals surface area (Å²) < 4.78 is 6.30. The molecule has 5 heteroatoms. The van der Waals surface area contributed by atoms with Gasteiger partial charge in [0, 0.05) is 30.0 Å². The van der Waals surface area contributed by atoms with Crippen molar-refractivity contribution in [3.8, 4) is 5.75 Å². The summed E-state index contributed by atoms with van der Waals surface area (Å²) in [4.78, 5) is 13.8. The highest BCUT2D eigenvalue weighted by Crippen LogP contribution is 2.24. The maximum atomic E-state index is 12.0. The van der Waals surface area contributed by atoms with Gasteiger partial charge in [0.05, 0.1) is 7.11 Å². The van der Waals surface area contributed by atoms with Crippen LogP contribution in [0.5, 0.6) is 5.75 Å². The van der Waals surface area contributed by atoms with E-state index in [-0.39, 0.29) is 5.91 Å². The van der Waals surface area contributed by atoms with Gasteiger partial charge < -0.3 is 15.4 Å². The van der Waals surface area contributed by atoms with Crippen LogP contribution in [-0.4, -0.2) is 31.5 Å². The molecule has 0 atom stereocenters. The third-order valence-corrected chi connectivity index (χ3v) is 3.66. The summed E-state index contributed by atoms with van der Waals surface area (Å²) >= 11 is 3.44. The number of hydrogen-bond donors (Lipinski definition) is 1. The summed E-state index contributed by atoms with van der Waals surface area (Å²) in [5.41, 5.74) is 6.44. The zero-order chi connectivity index (χ0) is 15.0. The van der Waals surface area contributed by atoms with Gasteiger partial charge in [-0.2, -0.15) is 0 Å². The molecule has 20 heavy (non-hydrogen) atoms. The predicted molar refractivity (Wildman–Crippen MR) is 84.7 cm³/mol. The second-order valence-electron chi connectivity index (χ2n) is 4.81. The number of methoxy groups -OCH3 is 1. The van der Waals surface area contributed by atoms with Crippen LogP contribution in [0.3, 0.4) is 0 Å². The van der Waals surface area contributed by atoms with Gasteiger partial charge in [0.25, 0.3) is 0 Å². The van der Waals surface area contributed by atoms with Crippen LogP contribution in [0.25, 0.3) is 0 Å². The standard InChI is InChI=1S/C15H23BrN2O2/c1-18(15(19)6-4-3-5-9-17)11-12-10-13(16)7-8-14(12)20-2/h7-8,10H,3-6,9,11,17H2,1-2H3. The number of nitrogens with zero attached hydrogens (tertiary/aromatic N) is 1. The zero-order valence-corrected chi connectivity index (χ0v) is 13.8. The fraction of sp³-hybridized carbons (Fsp3) is 0.533. The van der Waals surface area contributed by atoms with Crippen molar-refractivity contribution in [2.75, 3.05) is 20.7 Å². The number of hydrogen-bond acceptors (Lipinski definition) is 3. The first-order chi connectivity index (χ1) is 9.58. The fourth-order valence-electron chi connectivity index (χ4n) is 2.00. The van der Waals surface area contributed by atoms with Gasteiger partial charge in [0.15, 0.2) is 0 Å². The van der Waals surface area contributed by atoms with Crippen molar-refractivity contribution in [3.05, 3.63) is 28.2 Å². The van der Waals surface area contributed by atoms with Crippen molar-refractivity contribution in [2.24, 2.45) is 5.73 Å². The molecule has 0 unspecified atom stereocenters. The Kier molecular flexibility index (Phi) is 7.62. The lowest BCUT2D eigenvalue weighted by Gasteiger charge is -2.19. The first-order valence-electron chi connectivity index (χ1n) is 6.85. The van der Waals surface area contributed by atoms with Gasteiger partial charge in [0.1, 0.15) is 5.75 Å². The smallest absolute Gasteiger partial charge is 0.222 e. The molecule has 2 N–H and O–H groups in total. The van der Waals surface area contributed by atoms with Crippen LogP contribution in [0.1, 0.15) is 31.2 Å². The van der Waals surface area contributed by atoms with Gasteiger partial charge in [-0.3, -0.25) is 4.79 Å². The minimum absolute atomic E-state index is 0.157. The predicted octanol–water partition coefficient (Wildman–Crippen LogP) is 2.94. The van der Waals surface area contributed by atoms with E-state index in [9.17, 15) is 4.79 Å². The van der Waals surface area contributed by atoms with Crippen LogP contribution < -0.4 is 10.5 Å². The highest BCUT2D eigenvalue weighted by atomic mass is 79.9. The molecular formula is C15H23BrN2O2. The Morgan fingerprint density at radius 1 is 1.35 bits per heavy atom. The molecule has 1 amide bonds. The van der Waals surface area contributed by atoms with Crippen LogP contribution in [0.2, 0.25) is 0 Å². The number of halogens is 1. The van der Waals surface area contributed by atoms with E-state index in [1.165, 1.54) is 0 Å². The van der Waals surface area contributed by atoms with Gasteiger partial charge in [0.2, 0.25) is 5.91 Å². The molecule has 112 valence electrons. The van der Waals surface area contributed by atoms with Crippen LogP contribution >= 0.6 is 15.9 Å². The maximum absolute atomic E-state index is 12.0. The summed E-state index contributed by atoms with van der Waals surface area (Å²) in [6.45, 7) is 1.25. The van der Waals surface area contributed by atoms with Crippen molar-refractivity contribution in [1.82, 2.24) is 4.90 Å². The number of carbonyl (C=O) groups excluding carboxylic acids is 1. The van der Waals surface area contributed by atoms with E-state index in [1.54, 1.807) is 12.0 Å². The summed E-state index contributed by atoms with van der Waals surface area (Å²) in [5.74, 6) is 0.958. The Hall–Kier alpha value is -1.07. The Morgan fingerprint density at radius 2 is 2.10 bits per heavy atom. The lowest BCUT2D eigenvalue weighted by molar-refractivity contribution is -0.130. The van der Waals surface area contributed by atoms with Crippen molar-refractivity contribution in [1.29, 1.82) is 0 Å². The molecule has 0 spiro atoms. The Bertz CT molecular complexity index is 438. The van der Waals surface area contributed by atoms with Gasteiger partial charge in [-0.1, -0.05) is 22.4 Å². The van der Waals surface area contributed by atoms with Gasteiger partial charge in [-0.25, -0.2) is 0 Å². The molecule has 0 radical (unpaired) electrons. The summed E-state index contributed by atoms with van der Waals surface area (Å²) in [6, 6.07) is 5.81. The van der Waals surface area contributed by atoms with E-state index in [0.29, 0.717) is 19.5 Å². The van der Waals surface area contributed by atoms with Crippen molar-refractivity contribution in [2.45, 2.75) is 32.2 Å². The summed E-state index contributed by atoms with van der Waals surface area (Å²) in [7, 11) is 3.47. The average Bonchev–Trinajstić information content (AvgIpc) is 2.43. The normalized spacial score (nSPS) is 10.4.